The van der Waals surface area contributed by atoms with Gasteiger partial charge in [0.1, 0.15) is 5.76 Å². The summed E-state index contributed by atoms with van der Waals surface area (Å²) in [6, 6.07) is 4.23. The molecule has 0 aliphatic heterocycles. The molecule has 2 heterocycles. The van der Waals surface area contributed by atoms with Crippen LogP contribution in [0.3, 0.4) is 0 Å². The Balaban J connectivity index is 2.59. The Morgan fingerprint density at radius 2 is 2.08 bits per heavy atom. The number of fused-ring (bicyclic) bond motifs is 1. The van der Waals surface area contributed by atoms with Crippen molar-refractivity contribution >= 4 is 21.6 Å². The van der Waals surface area contributed by atoms with E-state index in [-0.39, 0.29) is 5.41 Å². The molecular weight excluding hydrogens is 168 g/mol. The molecule has 0 amide bonds. The number of hydrogen-bond acceptors (Lipinski definition) is 2. The summed E-state index contributed by atoms with van der Waals surface area (Å²) >= 11 is 1.66. The van der Waals surface area contributed by atoms with Gasteiger partial charge >= 0.3 is 0 Å². The molecule has 2 aromatic rings. The van der Waals surface area contributed by atoms with Gasteiger partial charge in [-0.2, -0.15) is 0 Å². The van der Waals surface area contributed by atoms with Crippen molar-refractivity contribution in [2.45, 2.75) is 26.2 Å². The maximum atomic E-state index is 5.69. The van der Waals surface area contributed by atoms with Crippen LogP contribution in [0.25, 0.3) is 10.3 Å². The van der Waals surface area contributed by atoms with Crippen molar-refractivity contribution in [2.75, 3.05) is 0 Å². The Hall–Kier alpha value is -0.760. The highest BCUT2D eigenvalue weighted by atomic mass is 32.1. The molecule has 0 radical (unpaired) electrons. The van der Waals surface area contributed by atoms with Crippen LogP contribution in [0.1, 0.15) is 26.5 Å². The smallest absolute Gasteiger partial charge is 0.187 e. The molecule has 2 rings (SSSR count). The van der Waals surface area contributed by atoms with Gasteiger partial charge in [-0.1, -0.05) is 20.8 Å². The largest absolute Gasteiger partial charge is 0.450 e. The molecule has 64 valence electrons. The topological polar surface area (TPSA) is 13.1 Å². The van der Waals surface area contributed by atoms with E-state index < -0.39 is 0 Å². The molecule has 0 aliphatic carbocycles. The first-order valence-electron chi connectivity index (χ1n) is 4.05. The predicted octanol–water partition coefficient (Wildman–Crippen LogP) is 3.79. The number of hydrogen-bond donors (Lipinski definition) is 0. The highest BCUT2D eigenvalue weighted by Gasteiger charge is 2.18. The van der Waals surface area contributed by atoms with Gasteiger partial charge in [-0.15, -0.1) is 11.3 Å². The summed E-state index contributed by atoms with van der Waals surface area (Å²) in [6.45, 7) is 6.49. The van der Waals surface area contributed by atoms with Gasteiger partial charge in [0.25, 0.3) is 0 Å². The van der Waals surface area contributed by atoms with Gasteiger partial charge in [0, 0.05) is 10.8 Å². The lowest BCUT2D eigenvalue weighted by molar-refractivity contribution is 0.433. The predicted molar refractivity (Wildman–Crippen MR) is 52.8 cm³/mol. The van der Waals surface area contributed by atoms with Crippen LogP contribution in [-0.4, -0.2) is 0 Å². The number of rotatable bonds is 0. The zero-order valence-corrected chi connectivity index (χ0v) is 8.37. The molecule has 0 saturated carbocycles. The van der Waals surface area contributed by atoms with E-state index in [9.17, 15) is 0 Å². The van der Waals surface area contributed by atoms with E-state index >= 15 is 0 Å². The third-order valence-corrected chi connectivity index (χ3v) is 2.69. The van der Waals surface area contributed by atoms with Crippen molar-refractivity contribution in [1.29, 1.82) is 0 Å². The first-order valence-corrected chi connectivity index (χ1v) is 4.93. The highest BCUT2D eigenvalue weighted by Crippen LogP contribution is 2.31. The van der Waals surface area contributed by atoms with Crippen molar-refractivity contribution in [3.63, 3.8) is 0 Å². The van der Waals surface area contributed by atoms with Crippen LogP contribution in [0, 0.1) is 0 Å². The molecule has 0 fully saturated rings. The summed E-state index contributed by atoms with van der Waals surface area (Å²) in [6.07, 6.45) is 0. The monoisotopic (exact) mass is 180 g/mol. The molecule has 0 aliphatic rings. The minimum absolute atomic E-state index is 0.124. The molecule has 0 saturated heterocycles. The zero-order valence-electron chi connectivity index (χ0n) is 7.55. The Morgan fingerprint density at radius 3 is 2.67 bits per heavy atom. The molecule has 0 spiro atoms. The minimum Gasteiger partial charge on any atom is -0.450 e. The average Bonchev–Trinajstić information content (AvgIpc) is 2.37. The molecule has 0 atom stereocenters. The lowest BCUT2D eigenvalue weighted by atomic mass is 9.93. The fraction of sp³-hybridized carbons (Fsp3) is 0.400. The Kier molecular flexibility index (Phi) is 1.55. The van der Waals surface area contributed by atoms with Crippen molar-refractivity contribution in [3.8, 4) is 0 Å². The third-order valence-electron chi connectivity index (χ3n) is 1.89. The normalized spacial score (nSPS) is 12.6. The van der Waals surface area contributed by atoms with E-state index in [0.29, 0.717) is 0 Å². The fourth-order valence-electron chi connectivity index (χ4n) is 1.14. The standard InChI is InChI=1S/C10H12OS/c1-10(2,3)8-6-7-4-5-12-9(7)11-8/h4-6H,1-3H3. The van der Waals surface area contributed by atoms with Crippen LogP contribution < -0.4 is 0 Å². The number of furan rings is 1. The molecule has 12 heavy (non-hydrogen) atoms. The van der Waals surface area contributed by atoms with Crippen LogP contribution in [0.4, 0.5) is 0 Å². The SMILES string of the molecule is CC(C)(C)c1cc2ccsc2o1. The van der Waals surface area contributed by atoms with Gasteiger partial charge in [0.2, 0.25) is 0 Å². The van der Waals surface area contributed by atoms with Gasteiger partial charge < -0.3 is 4.42 Å². The van der Waals surface area contributed by atoms with Crippen molar-refractivity contribution in [2.24, 2.45) is 0 Å². The van der Waals surface area contributed by atoms with Gasteiger partial charge in [0.15, 0.2) is 4.90 Å². The average molecular weight is 180 g/mol. The van der Waals surface area contributed by atoms with Crippen LogP contribution in [0.5, 0.6) is 0 Å². The lowest BCUT2D eigenvalue weighted by Crippen LogP contribution is -2.08. The van der Waals surface area contributed by atoms with Gasteiger partial charge in [-0.25, -0.2) is 0 Å². The summed E-state index contributed by atoms with van der Waals surface area (Å²) < 4.78 is 5.69. The van der Waals surface area contributed by atoms with Crippen LogP contribution >= 0.6 is 11.3 Å². The highest BCUT2D eigenvalue weighted by molar-refractivity contribution is 7.16. The molecular formula is C10H12OS. The van der Waals surface area contributed by atoms with Gasteiger partial charge in [-0.3, -0.25) is 0 Å². The molecule has 0 unspecified atom stereocenters. The number of thiophene rings is 1. The summed E-state index contributed by atoms with van der Waals surface area (Å²) in [5.41, 5.74) is 0.124. The Labute approximate surface area is 76.0 Å². The second kappa shape index (κ2) is 2.36. The molecule has 1 nitrogen and oxygen atoms in total. The zero-order chi connectivity index (χ0) is 8.77. The van der Waals surface area contributed by atoms with Crippen molar-refractivity contribution in [1.82, 2.24) is 0 Å². The van der Waals surface area contributed by atoms with E-state index in [1.54, 1.807) is 11.3 Å². The van der Waals surface area contributed by atoms with E-state index in [2.05, 4.69) is 38.3 Å². The van der Waals surface area contributed by atoms with E-state index in [1.807, 2.05) is 0 Å². The maximum absolute atomic E-state index is 5.69. The molecule has 0 aromatic carbocycles. The molecule has 0 bridgehead atoms. The quantitative estimate of drug-likeness (QED) is 0.601. The minimum atomic E-state index is 0.124. The summed E-state index contributed by atoms with van der Waals surface area (Å²) in [5.74, 6) is 1.07. The van der Waals surface area contributed by atoms with Crippen molar-refractivity contribution in [3.05, 3.63) is 23.3 Å². The Bertz CT molecular complexity index is 361. The molecule has 0 N–H and O–H groups in total. The molecule has 2 heteroatoms. The van der Waals surface area contributed by atoms with Crippen LogP contribution in [-0.2, 0) is 5.41 Å². The second-order valence-electron chi connectivity index (χ2n) is 4.02. The van der Waals surface area contributed by atoms with Gasteiger partial charge in [-0.05, 0) is 17.5 Å². The van der Waals surface area contributed by atoms with E-state index in [1.165, 1.54) is 5.39 Å². The lowest BCUT2D eigenvalue weighted by Gasteiger charge is -2.13. The van der Waals surface area contributed by atoms with E-state index in [4.69, 9.17) is 4.42 Å². The molecule has 2 aromatic heterocycles. The summed E-state index contributed by atoms with van der Waals surface area (Å²) in [4.78, 5) is 1.04. The van der Waals surface area contributed by atoms with Crippen molar-refractivity contribution < 1.29 is 4.42 Å². The van der Waals surface area contributed by atoms with Crippen LogP contribution in [0.2, 0.25) is 0 Å². The maximum Gasteiger partial charge on any atom is 0.187 e. The van der Waals surface area contributed by atoms with Crippen LogP contribution in [0.15, 0.2) is 21.9 Å². The van der Waals surface area contributed by atoms with E-state index in [0.717, 1.165) is 10.7 Å². The fourth-order valence-corrected chi connectivity index (χ4v) is 1.87. The third kappa shape index (κ3) is 1.16. The second-order valence-corrected chi connectivity index (χ2v) is 4.90. The first-order chi connectivity index (χ1) is 5.57. The summed E-state index contributed by atoms with van der Waals surface area (Å²) in [5, 5.41) is 3.28. The summed E-state index contributed by atoms with van der Waals surface area (Å²) in [7, 11) is 0. The first kappa shape index (κ1) is 7.87. The Morgan fingerprint density at radius 1 is 1.33 bits per heavy atom. The van der Waals surface area contributed by atoms with Gasteiger partial charge in [0.05, 0.1) is 0 Å².